The highest BCUT2D eigenvalue weighted by Crippen LogP contribution is 2.41. The number of fused-ring (bicyclic) bond motifs is 2. The molecule has 1 aliphatic carbocycles. The number of hydrogen-bond donors (Lipinski definition) is 1. The summed E-state index contributed by atoms with van der Waals surface area (Å²) in [7, 11) is 0. The zero-order valence-electron chi connectivity index (χ0n) is 12.0. The maximum absolute atomic E-state index is 3.63. The van der Waals surface area contributed by atoms with Gasteiger partial charge in [-0.05, 0) is 43.7 Å². The zero-order chi connectivity index (χ0) is 13.1. The number of likely N-dealkylation sites (tertiary alicyclic amines) is 1. The van der Waals surface area contributed by atoms with Crippen LogP contribution in [0.3, 0.4) is 0 Å². The molecule has 19 heavy (non-hydrogen) atoms. The normalized spacial score (nSPS) is 27.8. The molecule has 3 unspecified atom stereocenters. The van der Waals surface area contributed by atoms with Crippen LogP contribution < -0.4 is 5.32 Å². The standard InChI is InChI=1S/C17H26N2/c1-2-10-18-12-17(15-6-4-3-5-7-15)19-13-14-8-9-16(19)11-14/h3-7,14,16-18H,2,8-13H2,1H3. The molecule has 1 aliphatic heterocycles. The molecule has 2 nitrogen and oxygen atoms in total. The van der Waals surface area contributed by atoms with Crippen molar-refractivity contribution in [1.82, 2.24) is 10.2 Å². The lowest BCUT2D eigenvalue weighted by Gasteiger charge is -2.35. The summed E-state index contributed by atoms with van der Waals surface area (Å²) in [5, 5.41) is 3.63. The predicted molar refractivity (Wildman–Crippen MR) is 80.2 cm³/mol. The monoisotopic (exact) mass is 258 g/mol. The highest BCUT2D eigenvalue weighted by atomic mass is 15.2. The molecule has 1 aromatic rings. The van der Waals surface area contributed by atoms with E-state index in [1.165, 1.54) is 37.8 Å². The summed E-state index contributed by atoms with van der Waals surface area (Å²) in [4.78, 5) is 2.77. The summed E-state index contributed by atoms with van der Waals surface area (Å²) in [6, 6.07) is 12.5. The quantitative estimate of drug-likeness (QED) is 0.788. The maximum Gasteiger partial charge on any atom is 0.0475 e. The molecule has 1 N–H and O–H groups in total. The van der Waals surface area contributed by atoms with Crippen LogP contribution in [0.5, 0.6) is 0 Å². The average Bonchev–Trinajstić information content (AvgIpc) is 3.07. The van der Waals surface area contributed by atoms with Gasteiger partial charge in [-0.25, -0.2) is 0 Å². The van der Waals surface area contributed by atoms with Crippen LogP contribution in [-0.2, 0) is 0 Å². The van der Waals surface area contributed by atoms with E-state index in [0.29, 0.717) is 6.04 Å². The van der Waals surface area contributed by atoms with Crippen LogP contribution in [0.15, 0.2) is 30.3 Å². The minimum absolute atomic E-state index is 0.572. The first-order chi connectivity index (χ1) is 9.38. The molecular weight excluding hydrogens is 232 g/mol. The van der Waals surface area contributed by atoms with Crippen molar-refractivity contribution in [3.8, 4) is 0 Å². The fraction of sp³-hybridized carbons (Fsp3) is 0.647. The predicted octanol–water partition coefficient (Wildman–Crippen LogP) is 3.21. The van der Waals surface area contributed by atoms with Gasteiger partial charge in [0.15, 0.2) is 0 Å². The smallest absolute Gasteiger partial charge is 0.0475 e. The van der Waals surface area contributed by atoms with Crippen LogP contribution in [0.2, 0.25) is 0 Å². The number of benzene rings is 1. The highest BCUT2D eigenvalue weighted by Gasteiger charge is 2.41. The van der Waals surface area contributed by atoms with Crippen molar-refractivity contribution in [2.45, 2.75) is 44.7 Å². The summed E-state index contributed by atoms with van der Waals surface area (Å²) in [5.74, 6) is 0.974. The van der Waals surface area contributed by atoms with Gasteiger partial charge in [0.25, 0.3) is 0 Å². The summed E-state index contributed by atoms with van der Waals surface area (Å²) in [6.45, 7) is 5.78. The first-order valence-electron chi connectivity index (χ1n) is 7.90. The first kappa shape index (κ1) is 13.1. The Kier molecular flexibility index (Phi) is 4.19. The van der Waals surface area contributed by atoms with E-state index in [1.54, 1.807) is 0 Å². The first-order valence-corrected chi connectivity index (χ1v) is 7.90. The molecular formula is C17H26N2. The summed E-state index contributed by atoms with van der Waals surface area (Å²) in [5.41, 5.74) is 1.48. The van der Waals surface area contributed by atoms with E-state index in [2.05, 4.69) is 47.5 Å². The Labute approximate surface area is 117 Å². The fourth-order valence-corrected chi connectivity index (χ4v) is 3.86. The van der Waals surface area contributed by atoms with E-state index < -0.39 is 0 Å². The third-order valence-electron chi connectivity index (χ3n) is 4.80. The fourth-order valence-electron chi connectivity index (χ4n) is 3.86. The Morgan fingerprint density at radius 1 is 1.26 bits per heavy atom. The molecule has 2 bridgehead atoms. The van der Waals surface area contributed by atoms with E-state index in [4.69, 9.17) is 0 Å². The van der Waals surface area contributed by atoms with E-state index in [9.17, 15) is 0 Å². The Balaban J connectivity index is 1.73. The van der Waals surface area contributed by atoms with Crippen LogP contribution in [0.1, 0.15) is 44.2 Å². The molecule has 1 aromatic carbocycles. The van der Waals surface area contributed by atoms with Crippen molar-refractivity contribution in [3.63, 3.8) is 0 Å². The molecule has 0 amide bonds. The molecule has 1 heterocycles. The van der Waals surface area contributed by atoms with Gasteiger partial charge in [-0.2, -0.15) is 0 Å². The summed E-state index contributed by atoms with van der Waals surface area (Å²) in [6.07, 6.45) is 5.54. The second-order valence-electron chi connectivity index (χ2n) is 6.16. The second kappa shape index (κ2) is 6.06. The van der Waals surface area contributed by atoms with E-state index in [1.807, 2.05) is 0 Å². The van der Waals surface area contributed by atoms with Crippen molar-refractivity contribution >= 4 is 0 Å². The van der Waals surface area contributed by atoms with Gasteiger partial charge in [0, 0.05) is 25.2 Å². The van der Waals surface area contributed by atoms with Crippen LogP contribution >= 0.6 is 0 Å². The Morgan fingerprint density at radius 2 is 2.11 bits per heavy atom. The Bertz CT molecular complexity index is 390. The SMILES string of the molecule is CCCNCC(c1ccccc1)N1CC2CCC1C2. The van der Waals surface area contributed by atoms with Crippen molar-refractivity contribution in [3.05, 3.63) is 35.9 Å². The third kappa shape index (κ3) is 2.85. The van der Waals surface area contributed by atoms with Crippen molar-refractivity contribution in [2.24, 2.45) is 5.92 Å². The highest BCUT2D eigenvalue weighted by molar-refractivity contribution is 5.20. The lowest BCUT2D eigenvalue weighted by atomic mass is 10.0. The van der Waals surface area contributed by atoms with E-state index in [-0.39, 0.29) is 0 Å². The third-order valence-corrected chi connectivity index (χ3v) is 4.80. The maximum atomic E-state index is 3.63. The lowest BCUT2D eigenvalue weighted by Crippen LogP contribution is -2.40. The number of nitrogens with one attached hydrogen (secondary N) is 1. The van der Waals surface area contributed by atoms with Crippen LogP contribution in [0.25, 0.3) is 0 Å². The Hall–Kier alpha value is -0.860. The summed E-state index contributed by atoms with van der Waals surface area (Å²) < 4.78 is 0. The molecule has 2 fully saturated rings. The zero-order valence-corrected chi connectivity index (χ0v) is 12.0. The molecule has 0 aromatic heterocycles. The molecule has 3 rings (SSSR count). The molecule has 1 saturated carbocycles. The van der Waals surface area contributed by atoms with Gasteiger partial charge in [0.05, 0.1) is 0 Å². The number of rotatable bonds is 6. The van der Waals surface area contributed by atoms with Crippen molar-refractivity contribution in [2.75, 3.05) is 19.6 Å². The minimum Gasteiger partial charge on any atom is -0.315 e. The van der Waals surface area contributed by atoms with Crippen LogP contribution in [-0.4, -0.2) is 30.6 Å². The largest absolute Gasteiger partial charge is 0.315 e. The van der Waals surface area contributed by atoms with Gasteiger partial charge >= 0.3 is 0 Å². The number of hydrogen-bond acceptors (Lipinski definition) is 2. The number of nitrogens with zero attached hydrogens (tertiary/aromatic N) is 1. The van der Waals surface area contributed by atoms with E-state index >= 15 is 0 Å². The Morgan fingerprint density at radius 3 is 2.74 bits per heavy atom. The summed E-state index contributed by atoms with van der Waals surface area (Å²) >= 11 is 0. The van der Waals surface area contributed by atoms with Crippen LogP contribution in [0.4, 0.5) is 0 Å². The number of piperidine rings is 1. The molecule has 104 valence electrons. The van der Waals surface area contributed by atoms with Gasteiger partial charge in [0.2, 0.25) is 0 Å². The van der Waals surface area contributed by atoms with Gasteiger partial charge in [-0.1, -0.05) is 37.3 Å². The van der Waals surface area contributed by atoms with E-state index in [0.717, 1.165) is 25.0 Å². The molecule has 3 atom stereocenters. The molecule has 1 saturated heterocycles. The topological polar surface area (TPSA) is 15.3 Å². The van der Waals surface area contributed by atoms with Gasteiger partial charge in [0.1, 0.15) is 0 Å². The van der Waals surface area contributed by atoms with Crippen molar-refractivity contribution in [1.29, 1.82) is 0 Å². The van der Waals surface area contributed by atoms with Crippen molar-refractivity contribution < 1.29 is 0 Å². The van der Waals surface area contributed by atoms with Gasteiger partial charge < -0.3 is 5.32 Å². The average molecular weight is 258 g/mol. The van der Waals surface area contributed by atoms with Gasteiger partial charge in [-0.15, -0.1) is 0 Å². The molecule has 2 heteroatoms. The van der Waals surface area contributed by atoms with Gasteiger partial charge in [-0.3, -0.25) is 4.90 Å². The molecule has 0 spiro atoms. The minimum atomic E-state index is 0.572. The molecule has 0 radical (unpaired) electrons. The van der Waals surface area contributed by atoms with Crippen LogP contribution in [0, 0.1) is 5.92 Å². The lowest BCUT2D eigenvalue weighted by molar-refractivity contribution is 0.146. The molecule has 2 aliphatic rings. The second-order valence-corrected chi connectivity index (χ2v) is 6.16.